The highest BCUT2D eigenvalue weighted by Crippen LogP contribution is 2.28. The minimum Gasteiger partial charge on any atom is -0.485 e. The molecule has 1 aromatic carbocycles. The summed E-state index contributed by atoms with van der Waals surface area (Å²) in [6.45, 7) is 1.28. The highest BCUT2D eigenvalue weighted by atomic mass is 35.5. The summed E-state index contributed by atoms with van der Waals surface area (Å²) in [4.78, 5) is 18.5. The zero-order valence-corrected chi connectivity index (χ0v) is 18.8. The molecular weight excluding hydrogens is 458 g/mol. The number of ketones is 1. The molecule has 0 aliphatic heterocycles. The molecule has 0 unspecified atom stereocenters. The third-order valence-electron chi connectivity index (χ3n) is 5.08. The van der Waals surface area contributed by atoms with Crippen LogP contribution in [0.25, 0.3) is 5.65 Å². The first-order valence-electron chi connectivity index (χ1n) is 9.70. The number of aliphatic hydroxyl groups excluding tert-OH is 1. The maximum Gasteiger partial charge on any atom is 0.182 e. The second-order valence-electron chi connectivity index (χ2n) is 7.12. The van der Waals surface area contributed by atoms with Crippen molar-refractivity contribution in [3.05, 3.63) is 87.5 Å². The first-order valence-corrected chi connectivity index (χ1v) is 10.6. The number of halogens is 3. The summed E-state index contributed by atoms with van der Waals surface area (Å²) < 4.78 is 35.1. The van der Waals surface area contributed by atoms with Crippen LogP contribution in [0, 0.1) is 18.6 Å². The maximum atomic E-state index is 13.9. The van der Waals surface area contributed by atoms with Gasteiger partial charge in [-0.2, -0.15) is 0 Å². The van der Waals surface area contributed by atoms with E-state index >= 15 is 0 Å². The Hall–Kier alpha value is -2.81. The van der Waals surface area contributed by atoms with Crippen molar-refractivity contribution in [3.63, 3.8) is 0 Å². The van der Waals surface area contributed by atoms with Crippen molar-refractivity contribution >= 4 is 35.2 Å². The van der Waals surface area contributed by atoms with Crippen LogP contribution in [-0.2, 0) is 6.61 Å². The predicted molar refractivity (Wildman–Crippen MR) is 121 cm³/mol. The van der Waals surface area contributed by atoms with Crippen LogP contribution in [-0.4, -0.2) is 26.9 Å². The molecule has 0 amide bonds. The molecule has 5 nitrogen and oxygen atoms in total. The van der Waals surface area contributed by atoms with E-state index in [2.05, 4.69) is 4.98 Å². The lowest BCUT2D eigenvalue weighted by molar-refractivity contribution is 0.0954. The van der Waals surface area contributed by atoms with Gasteiger partial charge in [0.25, 0.3) is 0 Å². The van der Waals surface area contributed by atoms with Gasteiger partial charge in [0.15, 0.2) is 17.2 Å². The van der Waals surface area contributed by atoms with E-state index in [1.165, 1.54) is 29.5 Å². The van der Waals surface area contributed by atoms with Gasteiger partial charge in [0.2, 0.25) is 0 Å². The number of aromatic nitrogens is 2. The van der Waals surface area contributed by atoms with E-state index in [4.69, 9.17) is 4.74 Å². The standard InChI is InChI=1S/C23H20F2N2O3S.ClH/c1-14-22(19(29)11-15(12-28)21-8-4-10-31-21)27-9-3-7-20(23(27)26-14)30-13-16-17(24)5-2-6-18(16)25;/h2-10,15,28H,11-13H2,1H3;1H/t15-;/m0./s1. The molecule has 0 aliphatic rings. The molecule has 0 saturated carbocycles. The number of nitrogens with zero attached hydrogens (tertiary/aromatic N) is 2. The Labute approximate surface area is 193 Å². The Kier molecular flexibility index (Phi) is 7.60. The van der Waals surface area contributed by atoms with E-state index in [9.17, 15) is 18.7 Å². The number of carbonyl (C=O) groups is 1. The number of aliphatic hydroxyl groups is 1. The quantitative estimate of drug-likeness (QED) is 0.347. The second kappa shape index (κ2) is 10.2. The van der Waals surface area contributed by atoms with Gasteiger partial charge >= 0.3 is 0 Å². The molecule has 168 valence electrons. The lowest BCUT2D eigenvalue weighted by Crippen LogP contribution is -2.13. The van der Waals surface area contributed by atoms with Crippen molar-refractivity contribution in [2.75, 3.05) is 6.61 Å². The highest BCUT2D eigenvalue weighted by Gasteiger charge is 2.23. The minimum atomic E-state index is -0.689. The number of fused-ring (bicyclic) bond motifs is 1. The average molecular weight is 479 g/mol. The van der Waals surface area contributed by atoms with Gasteiger partial charge in [-0.1, -0.05) is 12.1 Å². The van der Waals surface area contributed by atoms with Crippen LogP contribution in [0.3, 0.4) is 0 Å². The van der Waals surface area contributed by atoms with E-state index in [1.54, 1.807) is 29.7 Å². The van der Waals surface area contributed by atoms with Gasteiger partial charge in [-0.05, 0) is 42.6 Å². The van der Waals surface area contributed by atoms with Gasteiger partial charge in [-0.25, -0.2) is 13.8 Å². The van der Waals surface area contributed by atoms with Gasteiger partial charge in [0.05, 0.1) is 17.9 Å². The number of ether oxygens (including phenoxy) is 1. The Morgan fingerprint density at radius 2 is 1.94 bits per heavy atom. The number of rotatable bonds is 8. The summed E-state index contributed by atoms with van der Waals surface area (Å²) in [5, 5.41) is 11.7. The summed E-state index contributed by atoms with van der Waals surface area (Å²) in [5.41, 5.74) is 1.12. The van der Waals surface area contributed by atoms with Crippen molar-refractivity contribution in [1.29, 1.82) is 0 Å². The average Bonchev–Trinajstić information content (AvgIpc) is 3.39. The fourth-order valence-corrected chi connectivity index (χ4v) is 4.35. The minimum absolute atomic E-state index is 0. The van der Waals surface area contributed by atoms with Crippen molar-refractivity contribution in [3.8, 4) is 5.75 Å². The molecular formula is C23H21ClF2N2O3S. The van der Waals surface area contributed by atoms with Crippen LogP contribution in [0.15, 0.2) is 54.0 Å². The van der Waals surface area contributed by atoms with Crippen molar-refractivity contribution in [2.24, 2.45) is 0 Å². The highest BCUT2D eigenvalue weighted by molar-refractivity contribution is 7.10. The molecule has 0 saturated heterocycles. The monoisotopic (exact) mass is 478 g/mol. The molecule has 4 aromatic rings. The Balaban J connectivity index is 0.00000289. The fourth-order valence-electron chi connectivity index (χ4n) is 3.52. The summed E-state index contributed by atoms with van der Waals surface area (Å²) in [6, 6.07) is 10.7. The zero-order valence-electron chi connectivity index (χ0n) is 17.1. The van der Waals surface area contributed by atoms with Gasteiger partial charge < -0.3 is 9.84 Å². The van der Waals surface area contributed by atoms with Crippen molar-refractivity contribution in [2.45, 2.75) is 25.9 Å². The van der Waals surface area contributed by atoms with E-state index in [0.29, 0.717) is 22.8 Å². The molecule has 0 fully saturated rings. The largest absolute Gasteiger partial charge is 0.485 e. The fraction of sp³-hybridized carbons (Fsp3) is 0.217. The van der Waals surface area contributed by atoms with Gasteiger partial charge in [0, 0.05) is 23.4 Å². The molecule has 3 aromatic heterocycles. The van der Waals surface area contributed by atoms with Crippen LogP contribution in [0.1, 0.15) is 39.0 Å². The number of hydrogen-bond acceptors (Lipinski definition) is 5. The molecule has 0 radical (unpaired) electrons. The first-order chi connectivity index (χ1) is 15.0. The summed E-state index contributed by atoms with van der Waals surface area (Å²) in [7, 11) is 0. The molecule has 0 spiro atoms. The molecule has 9 heteroatoms. The zero-order chi connectivity index (χ0) is 22.0. The van der Waals surface area contributed by atoms with Gasteiger partial charge in [0.1, 0.15) is 23.9 Å². The maximum absolute atomic E-state index is 13.9. The van der Waals surface area contributed by atoms with Crippen LogP contribution in [0.2, 0.25) is 0 Å². The first kappa shape index (κ1) is 23.8. The predicted octanol–water partition coefficient (Wildman–Crippen LogP) is 5.33. The number of thiophene rings is 1. The lowest BCUT2D eigenvalue weighted by Gasteiger charge is -2.12. The number of benzene rings is 1. The molecule has 0 aliphatic carbocycles. The molecule has 1 N–H and O–H groups in total. The molecule has 1 atom stereocenters. The van der Waals surface area contributed by atoms with Gasteiger partial charge in [-0.15, -0.1) is 23.7 Å². The SMILES string of the molecule is Cc1nc2c(OCc3c(F)cccc3F)cccn2c1C(=O)C[C@@H](CO)c1cccs1.Cl. The van der Waals surface area contributed by atoms with Crippen LogP contribution >= 0.6 is 23.7 Å². The van der Waals surface area contributed by atoms with Crippen LogP contribution in [0.4, 0.5) is 8.78 Å². The topological polar surface area (TPSA) is 63.8 Å². The number of carbonyl (C=O) groups excluding carboxylic acids is 1. The molecule has 4 rings (SSSR count). The smallest absolute Gasteiger partial charge is 0.182 e. The van der Waals surface area contributed by atoms with E-state index in [0.717, 1.165) is 4.88 Å². The van der Waals surface area contributed by atoms with Crippen molar-refractivity contribution < 1.29 is 23.4 Å². The lowest BCUT2D eigenvalue weighted by atomic mass is 9.99. The summed E-state index contributed by atoms with van der Waals surface area (Å²) >= 11 is 1.50. The van der Waals surface area contributed by atoms with Gasteiger partial charge in [-0.3, -0.25) is 9.20 Å². The summed E-state index contributed by atoms with van der Waals surface area (Å²) in [5.74, 6) is -1.52. The molecule has 0 bridgehead atoms. The Bertz CT molecular complexity index is 1210. The normalized spacial score (nSPS) is 11.9. The number of aryl methyl sites for hydroxylation is 1. The van der Waals surface area contributed by atoms with E-state index in [1.807, 2.05) is 17.5 Å². The Morgan fingerprint density at radius 1 is 1.19 bits per heavy atom. The number of pyridine rings is 1. The van der Waals surface area contributed by atoms with E-state index < -0.39 is 11.6 Å². The molecule has 3 heterocycles. The number of hydrogen-bond donors (Lipinski definition) is 1. The number of Topliss-reactive ketones (excluding diaryl/α,β-unsaturated/α-hetero) is 1. The third-order valence-corrected chi connectivity index (χ3v) is 6.12. The van der Waals surface area contributed by atoms with E-state index in [-0.39, 0.29) is 49.3 Å². The third kappa shape index (κ3) is 4.67. The van der Waals surface area contributed by atoms with Crippen LogP contribution in [0.5, 0.6) is 5.75 Å². The van der Waals surface area contributed by atoms with Crippen molar-refractivity contribution in [1.82, 2.24) is 9.38 Å². The molecule has 32 heavy (non-hydrogen) atoms. The summed E-state index contributed by atoms with van der Waals surface area (Å²) in [6.07, 6.45) is 1.83. The number of imidazole rings is 1. The van der Waals surface area contributed by atoms with Crippen LogP contribution < -0.4 is 4.74 Å². The Morgan fingerprint density at radius 3 is 2.59 bits per heavy atom. The second-order valence-corrected chi connectivity index (χ2v) is 8.10.